The van der Waals surface area contributed by atoms with E-state index >= 15 is 0 Å². The average Bonchev–Trinajstić information content (AvgIpc) is 2.48. The lowest BCUT2D eigenvalue weighted by Crippen LogP contribution is -2.21. The molecule has 1 amide bonds. The molecule has 0 aliphatic rings. The maximum absolute atomic E-state index is 10.4. The number of carboxylic acid groups (broad SMARTS) is 1. The molecule has 0 aromatic carbocycles. The zero-order valence-corrected chi connectivity index (χ0v) is 6.57. The Hall–Kier alpha value is -2.05. The minimum absolute atomic E-state index is 0.0491. The van der Waals surface area contributed by atoms with Crippen molar-refractivity contribution in [1.82, 2.24) is 10.2 Å². The average molecular weight is 184 g/mol. The first-order chi connectivity index (χ1) is 6.09. The second-order valence-electron chi connectivity index (χ2n) is 2.29. The zero-order chi connectivity index (χ0) is 9.84. The number of nitrogens with two attached hydrogens (primary N) is 1. The van der Waals surface area contributed by atoms with Crippen LogP contribution in [-0.4, -0.2) is 33.7 Å². The van der Waals surface area contributed by atoms with Gasteiger partial charge in [-0.25, -0.2) is 4.79 Å². The van der Waals surface area contributed by atoms with Gasteiger partial charge >= 0.3 is 5.97 Å². The summed E-state index contributed by atoms with van der Waals surface area (Å²) in [6.45, 7) is -0.0795. The Morgan fingerprint density at radius 3 is 2.85 bits per heavy atom. The van der Waals surface area contributed by atoms with Crippen LogP contribution in [0.5, 0.6) is 0 Å². The van der Waals surface area contributed by atoms with Gasteiger partial charge in [0, 0.05) is 6.07 Å². The number of aromatic carboxylic acids is 1. The normalized spacial score (nSPS) is 9.54. The molecule has 1 heterocycles. The number of carboxylic acids is 1. The number of amides is 1. The van der Waals surface area contributed by atoms with Crippen LogP contribution < -0.4 is 11.1 Å². The van der Waals surface area contributed by atoms with Crippen LogP contribution in [-0.2, 0) is 4.79 Å². The topological polar surface area (TPSA) is 121 Å². The van der Waals surface area contributed by atoms with Crippen LogP contribution in [0.1, 0.15) is 10.5 Å². The van der Waals surface area contributed by atoms with Crippen molar-refractivity contribution in [2.45, 2.75) is 0 Å². The molecule has 70 valence electrons. The van der Waals surface area contributed by atoms with Crippen molar-refractivity contribution >= 4 is 17.7 Å². The maximum atomic E-state index is 10.4. The first kappa shape index (κ1) is 9.04. The number of aromatic amines is 1. The predicted molar refractivity (Wildman–Crippen MR) is 43.2 cm³/mol. The van der Waals surface area contributed by atoms with Crippen molar-refractivity contribution in [3.63, 3.8) is 0 Å². The molecule has 0 saturated heterocycles. The lowest BCUT2D eigenvalue weighted by molar-refractivity contribution is -0.116. The van der Waals surface area contributed by atoms with Gasteiger partial charge < -0.3 is 16.2 Å². The third-order valence-electron chi connectivity index (χ3n) is 1.25. The van der Waals surface area contributed by atoms with E-state index in [4.69, 9.17) is 10.8 Å². The van der Waals surface area contributed by atoms with E-state index in [2.05, 4.69) is 15.5 Å². The molecule has 13 heavy (non-hydrogen) atoms. The van der Waals surface area contributed by atoms with Gasteiger partial charge in [0.05, 0.1) is 6.54 Å². The van der Waals surface area contributed by atoms with Crippen LogP contribution in [0.25, 0.3) is 0 Å². The van der Waals surface area contributed by atoms with Crippen molar-refractivity contribution < 1.29 is 14.7 Å². The molecule has 7 nitrogen and oxygen atoms in total. The summed E-state index contributed by atoms with van der Waals surface area (Å²) in [7, 11) is 0. The summed E-state index contributed by atoms with van der Waals surface area (Å²) >= 11 is 0. The number of anilines is 1. The van der Waals surface area contributed by atoms with E-state index in [1.54, 1.807) is 0 Å². The van der Waals surface area contributed by atoms with Crippen LogP contribution in [0.2, 0.25) is 0 Å². The number of aromatic nitrogens is 2. The Bertz CT molecular complexity index is 332. The third kappa shape index (κ3) is 2.47. The van der Waals surface area contributed by atoms with Gasteiger partial charge in [0.15, 0.2) is 0 Å². The molecule has 0 saturated carbocycles. The number of H-pyrrole nitrogens is 1. The van der Waals surface area contributed by atoms with Crippen molar-refractivity contribution in [3.8, 4) is 0 Å². The quantitative estimate of drug-likeness (QED) is 0.478. The Labute approximate surface area is 72.9 Å². The second-order valence-corrected chi connectivity index (χ2v) is 2.29. The fourth-order valence-electron chi connectivity index (χ4n) is 0.700. The highest BCUT2D eigenvalue weighted by molar-refractivity contribution is 5.86. The van der Waals surface area contributed by atoms with Gasteiger partial charge in [-0.1, -0.05) is 0 Å². The third-order valence-corrected chi connectivity index (χ3v) is 1.25. The van der Waals surface area contributed by atoms with Gasteiger partial charge in [0.2, 0.25) is 5.91 Å². The summed E-state index contributed by atoms with van der Waals surface area (Å²) in [5.41, 5.74) is 4.80. The predicted octanol–water partition coefficient (Wildman–Crippen LogP) is -0.995. The summed E-state index contributed by atoms with van der Waals surface area (Å²) in [5, 5.41) is 16.9. The van der Waals surface area contributed by atoms with Gasteiger partial charge in [0.25, 0.3) is 0 Å². The molecule has 5 N–H and O–H groups in total. The van der Waals surface area contributed by atoms with Crippen molar-refractivity contribution in [2.75, 3.05) is 11.9 Å². The summed E-state index contributed by atoms with van der Waals surface area (Å²) in [6.07, 6.45) is 0. The summed E-state index contributed by atoms with van der Waals surface area (Å²) in [5.74, 6) is -1.38. The summed E-state index contributed by atoms with van der Waals surface area (Å²) < 4.78 is 0. The fourth-order valence-corrected chi connectivity index (χ4v) is 0.700. The SMILES string of the molecule is NC(=O)CNc1cc(C(=O)O)[nH]n1. The first-order valence-corrected chi connectivity index (χ1v) is 3.40. The molecule has 0 atom stereocenters. The van der Waals surface area contributed by atoms with Crippen molar-refractivity contribution in [1.29, 1.82) is 0 Å². The van der Waals surface area contributed by atoms with Crippen molar-refractivity contribution in [3.05, 3.63) is 11.8 Å². The van der Waals surface area contributed by atoms with E-state index in [1.807, 2.05) is 0 Å². The Morgan fingerprint density at radius 1 is 1.69 bits per heavy atom. The summed E-state index contributed by atoms with van der Waals surface area (Å²) in [6, 6.07) is 1.27. The van der Waals surface area contributed by atoms with Gasteiger partial charge in [0.1, 0.15) is 11.5 Å². The highest BCUT2D eigenvalue weighted by Gasteiger charge is 2.07. The lowest BCUT2D eigenvalue weighted by atomic mass is 10.4. The van der Waals surface area contributed by atoms with E-state index in [9.17, 15) is 9.59 Å². The van der Waals surface area contributed by atoms with Crippen LogP contribution >= 0.6 is 0 Å². The van der Waals surface area contributed by atoms with Crippen LogP contribution in [0, 0.1) is 0 Å². The molecule has 0 unspecified atom stereocenters. The smallest absolute Gasteiger partial charge is 0.353 e. The molecule has 1 rings (SSSR count). The van der Waals surface area contributed by atoms with E-state index in [0.29, 0.717) is 0 Å². The molecule has 0 aliphatic carbocycles. The molecule has 0 spiro atoms. The van der Waals surface area contributed by atoms with E-state index in [0.717, 1.165) is 0 Å². The molecule has 7 heteroatoms. The van der Waals surface area contributed by atoms with Crippen LogP contribution in [0.15, 0.2) is 6.07 Å². The highest BCUT2D eigenvalue weighted by atomic mass is 16.4. The van der Waals surface area contributed by atoms with Crippen LogP contribution in [0.4, 0.5) is 5.82 Å². The highest BCUT2D eigenvalue weighted by Crippen LogP contribution is 2.03. The standard InChI is InChI=1S/C6H8N4O3/c7-4(11)2-8-5-1-3(6(12)13)9-10-5/h1H,2H2,(H2,7,11)(H,12,13)(H2,8,9,10). The lowest BCUT2D eigenvalue weighted by Gasteiger charge is -1.95. The molecule has 0 bridgehead atoms. The number of rotatable bonds is 4. The molecule has 0 fully saturated rings. The Balaban J connectivity index is 2.59. The number of hydrogen-bond donors (Lipinski definition) is 4. The molecule has 1 aromatic rings. The zero-order valence-electron chi connectivity index (χ0n) is 6.57. The minimum atomic E-state index is -1.11. The van der Waals surface area contributed by atoms with E-state index < -0.39 is 11.9 Å². The number of nitrogens with one attached hydrogen (secondary N) is 2. The monoisotopic (exact) mass is 184 g/mol. The van der Waals surface area contributed by atoms with Gasteiger partial charge in [-0.05, 0) is 0 Å². The Morgan fingerprint density at radius 2 is 2.38 bits per heavy atom. The number of hydrogen-bond acceptors (Lipinski definition) is 4. The van der Waals surface area contributed by atoms with Gasteiger partial charge in [-0.3, -0.25) is 9.89 Å². The molecule has 0 aliphatic heterocycles. The van der Waals surface area contributed by atoms with Crippen LogP contribution in [0.3, 0.4) is 0 Å². The molecular weight excluding hydrogens is 176 g/mol. The molecule has 1 aromatic heterocycles. The number of nitrogens with zero attached hydrogens (tertiary/aromatic N) is 1. The van der Waals surface area contributed by atoms with E-state index in [-0.39, 0.29) is 18.1 Å². The van der Waals surface area contributed by atoms with Gasteiger partial charge in [-0.15, -0.1) is 0 Å². The largest absolute Gasteiger partial charge is 0.477 e. The molecular formula is C6H8N4O3. The fraction of sp³-hybridized carbons (Fsp3) is 0.167. The number of primary amides is 1. The van der Waals surface area contributed by atoms with Crippen molar-refractivity contribution in [2.24, 2.45) is 5.73 Å². The number of carbonyl (C=O) groups excluding carboxylic acids is 1. The summed E-state index contributed by atoms with van der Waals surface area (Å²) in [4.78, 5) is 20.7. The van der Waals surface area contributed by atoms with Gasteiger partial charge in [-0.2, -0.15) is 5.10 Å². The van der Waals surface area contributed by atoms with E-state index in [1.165, 1.54) is 6.07 Å². The maximum Gasteiger partial charge on any atom is 0.353 e. The minimum Gasteiger partial charge on any atom is -0.477 e. The second kappa shape index (κ2) is 3.57. The number of carbonyl (C=O) groups is 2. The first-order valence-electron chi connectivity index (χ1n) is 3.40. The molecule has 0 radical (unpaired) electrons. The Kier molecular flexibility index (Phi) is 2.48.